The molecule has 0 bridgehead atoms. The third-order valence-corrected chi connectivity index (χ3v) is 4.55. The van der Waals surface area contributed by atoms with Crippen molar-refractivity contribution >= 4 is 5.91 Å². The Labute approximate surface area is 131 Å². The minimum atomic E-state index is 0.0705. The molecule has 22 heavy (non-hydrogen) atoms. The molecule has 1 saturated heterocycles. The van der Waals surface area contributed by atoms with Crippen LogP contribution in [0.3, 0.4) is 0 Å². The highest BCUT2D eigenvalue weighted by atomic mass is 16.5. The number of nitrogens with zero attached hydrogens (tertiary/aromatic N) is 1. The molecule has 1 N–H and O–H groups in total. The van der Waals surface area contributed by atoms with Crippen LogP contribution in [0.5, 0.6) is 5.75 Å². The van der Waals surface area contributed by atoms with Crippen LogP contribution >= 0.6 is 0 Å². The van der Waals surface area contributed by atoms with Crippen molar-refractivity contribution in [2.24, 2.45) is 5.92 Å². The molecular formula is C18H22N2O2. The molecule has 4 nitrogen and oxygen atoms in total. The summed E-state index contributed by atoms with van der Waals surface area (Å²) in [6, 6.07) is 8.03. The first-order valence-corrected chi connectivity index (χ1v) is 7.96. The van der Waals surface area contributed by atoms with Crippen molar-refractivity contribution in [3.05, 3.63) is 29.8 Å². The first-order valence-electron chi connectivity index (χ1n) is 7.96. The number of fused-ring (bicyclic) bond motifs is 1. The average Bonchev–Trinajstić information content (AvgIpc) is 2.56. The SMILES string of the molecule is C#CCN1CCC(C(=O)N[C@H]2CCOc3ccccc32)CC1. The lowest BCUT2D eigenvalue weighted by Crippen LogP contribution is -2.42. The molecule has 2 aliphatic rings. The van der Waals surface area contributed by atoms with Crippen LogP contribution in [0.25, 0.3) is 0 Å². The lowest BCUT2D eigenvalue weighted by molar-refractivity contribution is -0.127. The smallest absolute Gasteiger partial charge is 0.223 e. The van der Waals surface area contributed by atoms with E-state index in [1.165, 1.54) is 0 Å². The normalized spacial score (nSPS) is 22.2. The van der Waals surface area contributed by atoms with Gasteiger partial charge < -0.3 is 10.1 Å². The molecule has 0 radical (unpaired) electrons. The first-order chi connectivity index (χ1) is 10.8. The predicted molar refractivity (Wildman–Crippen MR) is 85.4 cm³/mol. The standard InChI is InChI=1S/C18H22N2O2/c1-2-10-20-11-7-14(8-12-20)18(21)19-16-9-13-22-17-6-4-3-5-15(16)17/h1,3-6,14,16H,7-13H2,(H,19,21)/t16-/m0/s1. The fraction of sp³-hybridized carbons (Fsp3) is 0.500. The van der Waals surface area contributed by atoms with Crippen molar-refractivity contribution in [2.75, 3.05) is 26.2 Å². The highest BCUT2D eigenvalue weighted by Crippen LogP contribution is 2.32. The van der Waals surface area contributed by atoms with Gasteiger partial charge >= 0.3 is 0 Å². The van der Waals surface area contributed by atoms with Crippen molar-refractivity contribution in [3.8, 4) is 18.1 Å². The van der Waals surface area contributed by atoms with Crippen LogP contribution in [0.1, 0.15) is 30.9 Å². The summed E-state index contributed by atoms with van der Waals surface area (Å²) < 4.78 is 5.64. The molecule has 4 heteroatoms. The van der Waals surface area contributed by atoms with Gasteiger partial charge in [-0.25, -0.2) is 0 Å². The van der Waals surface area contributed by atoms with Gasteiger partial charge in [0.15, 0.2) is 0 Å². The molecule has 2 heterocycles. The van der Waals surface area contributed by atoms with E-state index in [4.69, 9.17) is 11.2 Å². The molecule has 1 amide bonds. The third-order valence-electron chi connectivity index (χ3n) is 4.55. The zero-order valence-electron chi connectivity index (χ0n) is 12.8. The van der Waals surface area contributed by atoms with E-state index in [9.17, 15) is 4.79 Å². The monoisotopic (exact) mass is 298 g/mol. The van der Waals surface area contributed by atoms with Gasteiger partial charge in [0, 0.05) is 17.9 Å². The Morgan fingerprint density at radius 2 is 2.09 bits per heavy atom. The predicted octanol–water partition coefficient (Wildman–Crippen LogP) is 1.97. The van der Waals surface area contributed by atoms with Crippen LogP contribution in [0.15, 0.2) is 24.3 Å². The van der Waals surface area contributed by atoms with Gasteiger partial charge in [-0.1, -0.05) is 24.1 Å². The van der Waals surface area contributed by atoms with Gasteiger partial charge in [0.1, 0.15) is 5.75 Å². The molecular weight excluding hydrogens is 276 g/mol. The maximum absolute atomic E-state index is 12.5. The minimum absolute atomic E-state index is 0.0705. The van der Waals surface area contributed by atoms with E-state index in [1.807, 2.05) is 24.3 Å². The van der Waals surface area contributed by atoms with Crippen molar-refractivity contribution in [2.45, 2.75) is 25.3 Å². The number of carbonyl (C=O) groups excluding carboxylic acids is 1. The number of terminal acetylenes is 1. The number of piperidine rings is 1. The Hall–Kier alpha value is -1.99. The van der Waals surface area contributed by atoms with Gasteiger partial charge in [0.2, 0.25) is 5.91 Å². The molecule has 0 aliphatic carbocycles. The Balaban J connectivity index is 1.58. The number of likely N-dealkylation sites (tertiary alicyclic amines) is 1. The summed E-state index contributed by atoms with van der Waals surface area (Å²) >= 11 is 0. The third kappa shape index (κ3) is 3.26. The summed E-state index contributed by atoms with van der Waals surface area (Å²) in [5, 5.41) is 3.21. The zero-order valence-corrected chi connectivity index (χ0v) is 12.8. The molecule has 1 atom stereocenters. The topological polar surface area (TPSA) is 41.6 Å². The Morgan fingerprint density at radius 1 is 1.32 bits per heavy atom. The van der Waals surface area contributed by atoms with Gasteiger partial charge in [-0.15, -0.1) is 6.42 Å². The van der Waals surface area contributed by atoms with Crippen molar-refractivity contribution < 1.29 is 9.53 Å². The van der Waals surface area contributed by atoms with E-state index in [0.717, 1.165) is 43.7 Å². The maximum atomic E-state index is 12.5. The van der Waals surface area contributed by atoms with Gasteiger partial charge in [-0.2, -0.15) is 0 Å². The van der Waals surface area contributed by atoms with Crippen LogP contribution in [0.2, 0.25) is 0 Å². The van der Waals surface area contributed by atoms with Crippen molar-refractivity contribution in [1.29, 1.82) is 0 Å². The number of hydrogen-bond acceptors (Lipinski definition) is 3. The highest BCUT2D eigenvalue weighted by Gasteiger charge is 2.28. The number of amides is 1. The Bertz CT molecular complexity index is 571. The lowest BCUT2D eigenvalue weighted by atomic mass is 9.94. The van der Waals surface area contributed by atoms with Crippen LogP contribution in [-0.2, 0) is 4.79 Å². The van der Waals surface area contributed by atoms with Crippen LogP contribution < -0.4 is 10.1 Å². The van der Waals surface area contributed by atoms with Gasteiger partial charge in [-0.3, -0.25) is 9.69 Å². The van der Waals surface area contributed by atoms with Crippen molar-refractivity contribution in [1.82, 2.24) is 10.2 Å². The molecule has 0 aromatic heterocycles. The fourth-order valence-corrected chi connectivity index (χ4v) is 3.26. The number of hydrogen-bond donors (Lipinski definition) is 1. The number of nitrogens with one attached hydrogen (secondary N) is 1. The molecule has 1 aromatic carbocycles. The zero-order chi connectivity index (χ0) is 15.4. The minimum Gasteiger partial charge on any atom is -0.493 e. The molecule has 2 aliphatic heterocycles. The van der Waals surface area contributed by atoms with Gasteiger partial charge in [-0.05, 0) is 32.0 Å². The average molecular weight is 298 g/mol. The molecule has 116 valence electrons. The largest absolute Gasteiger partial charge is 0.493 e. The van der Waals surface area contributed by atoms with E-state index >= 15 is 0 Å². The summed E-state index contributed by atoms with van der Waals surface area (Å²) in [4.78, 5) is 14.8. The highest BCUT2D eigenvalue weighted by molar-refractivity contribution is 5.79. The maximum Gasteiger partial charge on any atom is 0.223 e. The van der Waals surface area contributed by atoms with Gasteiger partial charge in [0.25, 0.3) is 0 Å². The number of rotatable bonds is 3. The molecule has 3 rings (SSSR count). The molecule has 0 spiro atoms. The fourth-order valence-electron chi connectivity index (χ4n) is 3.26. The van der Waals surface area contributed by atoms with E-state index in [2.05, 4.69) is 16.1 Å². The number of carbonyl (C=O) groups is 1. The second kappa shape index (κ2) is 6.85. The molecule has 1 fully saturated rings. The van der Waals surface area contributed by atoms with E-state index in [-0.39, 0.29) is 17.9 Å². The number of ether oxygens (including phenoxy) is 1. The summed E-state index contributed by atoms with van der Waals surface area (Å²) in [5.74, 6) is 3.83. The van der Waals surface area contributed by atoms with Crippen LogP contribution in [0, 0.1) is 18.3 Å². The van der Waals surface area contributed by atoms with Crippen molar-refractivity contribution in [3.63, 3.8) is 0 Å². The quantitative estimate of drug-likeness (QED) is 0.868. The molecule has 1 aromatic rings. The number of para-hydroxylation sites is 1. The molecule has 0 saturated carbocycles. The summed E-state index contributed by atoms with van der Waals surface area (Å²) in [5.41, 5.74) is 1.09. The Kier molecular flexibility index (Phi) is 4.65. The van der Waals surface area contributed by atoms with E-state index in [0.29, 0.717) is 13.2 Å². The first kappa shape index (κ1) is 14.9. The van der Waals surface area contributed by atoms with Crippen LogP contribution in [0.4, 0.5) is 0 Å². The van der Waals surface area contributed by atoms with Crippen LogP contribution in [-0.4, -0.2) is 37.0 Å². The second-order valence-corrected chi connectivity index (χ2v) is 5.99. The number of benzene rings is 1. The summed E-state index contributed by atoms with van der Waals surface area (Å²) in [7, 11) is 0. The lowest BCUT2D eigenvalue weighted by Gasteiger charge is -2.32. The van der Waals surface area contributed by atoms with E-state index in [1.54, 1.807) is 0 Å². The molecule has 0 unspecified atom stereocenters. The summed E-state index contributed by atoms with van der Waals surface area (Å²) in [6.45, 7) is 3.16. The van der Waals surface area contributed by atoms with E-state index < -0.39 is 0 Å². The summed E-state index contributed by atoms with van der Waals surface area (Å²) in [6.07, 6.45) is 7.95. The van der Waals surface area contributed by atoms with Gasteiger partial charge in [0.05, 0.1) is 19.2 Å². The Morgan fingerprint density at radius 3 is 2.86 bits per heavy atom. The second-order valence-electron chi connectivity index (χ2n) is 5.99.